The van der Waals surface area contributed by atoms with Crippen LogP contribution >= 0.6 is 0 Å². The molecule has 20 heavy (non-hydrogen) atoms. The maximum atomic E-state index is 12.4. The zero-order valence-electron chi connectivity index (χ0n) is 12.7. The van der Waals surface area contributed by atoms with Crippen molar-refractivity contribution in [2.75, 3.05) is 0 Å². The summed E-state index contributed by atoms with van der Waals surface area (Å²) in [5.41, 5.74) is 1.95. The van der Waals surface area contributed by atoms with E-state index in [1.165, 1.54) is 0 Å². The lowest BCUT2D eigenvalue weighted by Crippen LogP contribution is -2.37. The lowest BCUT2D eigenvalue weighted by atomic mass is 10.2. The van der Waals surface area contributed by atoms with Crippen molar-refractivity contribution in [3.8, 4) is 0 Å². The SMILES string of the molecule is CCCC(C)NC(=O)C(C)n1c(C)nc2ccccc21. The Labute approximate surface area is 120 Å². The van der Waals surface area contributed by atoms with Crippen molar-refractivity contribution in [1.29, 1.82) is 0 Å². The zero-order valence-corrected chi connectivity index (χ0v) is 12.7. The van der Waals surface area contributed by atoms with E-state index in [9.17, 15) is 4.79 Å². The van der Waals surface area contributed by atoms with Gasteiger partial charge >= 0.3 is 0 Å². The quantitative estimate of drug-likeness (QED) is 0.909. The fraction of sp³-hybridized carbons (Fsp3) is 0.500. The van der Waals surface area contributed by atoms with E-state index in [4.69, 9.17) is 0 Å². The first-order valence-corrected chi connectivity index (χ1v) is 7.28. The number of para-hydroxylation sites is 2. The van der Waals surface area contributed by atoms with Crippen LogP contribution in [0.25, 0.3) is 11.0 Å². The molecule has 2 aromatic rings. The molecule has 0 spiro atoms. The Kier molecular flexibility index (Phi) is 4.42. The van der Waals surface area contributed by atoms with E-state index in [-0.39, 0.29) is 18.0 Å². The second-order valence-electron chi connectivity index (χ2n) is 5.39. The topological polar surface area (TPSA) is 46.9 Å². The van der Waals surface area contributed by atoms with Gasteiger partial charge < -0.3 is 9.88 Å². The van der Waals surface area contributed by atoms with Gasteiger partial charge in [0.2, 0.25) is 5.91 Å². The molecule has 1 amide bonds. The number of imidazole rings is 1. The van der Waals surface area contributed by atoms with Crippen molar-refractivity contribution in [3.05, 3.63) is 30.1 Å². The summed E-state index contributed by atoms with van der Waals surface area (Å²) in [6, 6.07) is 7.89. The van der Waals surface area contributed by atoms with Crippen LogP contribution < -0.4 is 5.32 Å². The average Bonchev–Trinajstić information content (AvgIpc) is 2.73. The van der Waals surface area contributed by atoms with Gasteiger partial charge in [-0.1, -0.05) is 25.5 Å². The zero-order chi connectivity index (χ0) is 14.7. The number of amides is 1. The third kappa shape index (κ3) is 2.84. The van der Waals surface area contributed by atoms with Crippen LogP contribution in [-0.4, -0.2) is 21.5 Å². The molecule has 2 unspecified atom stereocenters. The van der Waals surface area contributed by atoms with Gasteiger partial charge in [-0.05, 0) is 39.3 Å². The minimum Gasteiger partial charge on any atom is -0.352 e. The van der Waals surface area contributed by atoms with Gasteiger partial charge in [-0.2, -0.15) is 0 Å². The molecule has 0 aliphatic heterocycles. The average molecular weight is 273 g/mol. The first-order valence-electron chi connectivity index (χ1n) is 7.28. The van der Waals surface area contributed by atoms with Crippen LogP contribution in [0.1, 0.15) is 45.5 Å². The monoisotopic (exact) mass is 273 g/mol. The molecule has 0 saturated heterocycles. The van der Waals surface area contributed by atoms with E-state index in [1.807, 2.05) is 49.6 Å². The van der Waals surface area contributed by atoms with E-state index in [2.05, 4.69) is 17.2 Å². The number of hydrogen-bond acceptors (Lipinski definition) is 2. The molecule has 1 N–H and O–H groups in total. The second kappa shape index (κ2) is 6.07. The van der Waals surface area contributed by atoms with Gasteiger partial charge in [0.15, 0.2) is 0 Å². The molecule has 2 atom stereocenters. The number of aryl methyl sites for hydroxylation is 1. The van der Waals surface area contributed by atoms with Crippen molar-refractivity contribution in [2.45, 2.75) is 52.6 Å². The molecule has 108 valence electrons. The Morgan fingerprint density at radius 2 is 2.05 bits per heavy atom. The van der Waals surface area contributed by atoms with Crippen molar-refractivity contribution >= 4 is 16.9 Å². The Hall–Kier alpha value is -1.84. The van der Waals surface area contributed by atoms with E-state index in [0.717, 1.165) is 29.7 Å². The van der Waals surface area contributed by atoms with E-state index in [0.29, 0.717) is 0 Å². The fourth-order valence-electron chi connectivity index (χ4n) is 2.64. The third-order valence-corrected chi connectivity index (χ3v) is 3.65. The largest absolute Gasteiger partial charge is 0.352 e. The van der Waals surface area contributed by atoms with Gasteiger partial charge in [0.1, 0.15) is 11.9 Å². The smallest absolute Gasteiger partial charge is 0.243 e. The number of aromatic nitrogens is 2. The molecule has 0 aliphatic rings. The Morgan fingerprint density at radius 1 is 1.35 bits per heavy atom. The van der Waals surface area contributed by atoms with Gasteiger partial charge in [0.05, 0.1) is 11.0 Å². The highest BCUT2D eigenvalue weighted by molar-refractivity contribution is 5.84. The third-order valence-electron chi connectivity index (χ3n) is 3.65. The van der Waals surface area contributed by atoms with Crippen LogP contribution in [0.15, 0.2) is 24.3 Å². The highest BCUT2D eigenvalue weighted by Gasteiger charge is 2.20. The number of fused-ring (bicyclic) bond motifs is 1. The highest BCUT2D eigenvalue weighted by atomic mass is 16.2. The molecule has 0 fully saturated rings. The Balaban J connectivity index is 2.24. The van der Waals surface area contributed by atoms with Gasteiger partial charge in [0, 0.05) is 6.04 Å². The summed E-state index contributed by atoms with van der Waals surface area (Å²) in [6.45, 7) is 8.04. The Bertz CT molecular complexity index is 603. The summed E-state index contributed by atoms with van der Waals surface area (Å²) in [5, 5.41) is 3.07. The normalized spacial score (nSPS) is 14.2. The summed E-state index contributed by atoms with van der Waals surface area (Å²) in [6.07, 6.45) is 2.07. The van der Waals surface area contributed by atoms with Crippen LogP contribution in [0.3, 0.4) is 0 Å². The van der Waals surface area contributed by atoms with Crippen LogP contribution in [0.2, 0.25) is 0 Å². The molecule has 0 bridgehead atoms. The molecule has 4 nitrogen and oxygen atoms in total. The molecule has 1 aromatic heterocycles. The summed E-state index contributed by atoms with van der Waals surface area (Å²) in [4.78, 5) is 16.9. The highest BCUT2D eigenvalue weighted by Crippen LogP contribution is 2.20. The van der Waals surface area contributed by atoms with Gasteiger partial charge in [0.25, 0.3) is 0 Å². The molecule has 2 rings (SSSR count). The molecular formula is C16H23N3O. The molecule has 0 saturated carbocycles. The second-order valence-corrected chi connectivity index (χ2v) is 5.39. The van der Waals surface area contributed by atoms with Crippen LogP contribution in [0.4, 0.5) is 0 Å². The number of benzene rings is 1. The number of nitrogens with zero attached hydrogens (tertiary/aromatic N) is 2. The number of hydrogen-bond donors (Lipinski definition) is 1. The summed E-state index contributed by atoms with van der Waals surface area (Å²) < 4.78 is 2.00. The summed E-state index contributed by atoms with van der Waals surface area (Å²) in [5.74, 6) is 0.925. The molecule has 0 aliphatic carbocycles. The lowest BCUT2D eigenvalue weighted by molar-refractivity contribution is -0.124. The molecule has 1 heterocycles. The first kappa shape index (κ1) is 14.6. The van der Waals surface area contributed by atoms with Crippen molar-refractivity contribution < 1.29 is 4.79 Å². The fourth-order valence-corrected chi connectivity index (χ4v) is 2.64. The maximum absolute atomic E-state index is 12.4. The molecular weight excluding hydrogens is 250 g/mol. The predicted octanol–water partition coefficient (Wildman–Crippen LogP) is 3.21. The minimum absolute atomic E-state index is 0.0530. The van der Waals surface area contributed by atoms with E-state index < -0.39 is 0 Å². The summed E-state index contributed by atoms with van der Waals surface area (Å²) >= 11 is 0. The van der Waals surface area contributed by atoms with Gasteiger partial charge in [-0.25, -0.2) is 4.98 Å². The van der Waals surface area contributed by atoms with Crippen molar-refractivity contribution in [3.63, 3.8) is 0 Å². The van der Waals surface area contributed by atoms with Crippen molar-refractivity contribution in [1.82, 2.24) is 14.9 Å². The molecule has 0 radical (unpaired) electrons. The van der Waals surface area contributed by atoms with Crippen molar-refractivity contribution in [2.24, 2.45) is 0 Å². The Morgan fingerprint density at radius 3 is 2.75 bits per heavy atom. The first-order chi connectivity index (χ1) is 9.54. The van der Waals surface area contributed by atoms with Gasteiger partial charge in [-0.3, -0.25) is 4.79 Å². The van der Waals surface area contributed by atoms with Crippen LogP contribution in [-0.2, 0) is 4.79 Å². The molecule has 4 heteroatoms. The van der Waals surface area contributed by atoms with Gasteiger partial charge in [-0.15, -0.1) is 0 Å². The number of carbonyl (C=O) groups excluding carboxylic acids is 1. The predicted molar refractivity (Wildman–Crippen MR) is 81.7 cm³/mol. The standard InChI is InChI=1S/C16H23N3O/c1-5-8-11(2)17-16(20)12(3)19-13(4)18-14-9-6-7-10-15(14)19/h6-7,9-12H,5,8H2,1-4H3,(H,17,20). The number of nitrogens with one attached hydrogen (secondary N) is 1. The van der Waals surface area contributed by atoms with Crippen LogP contribution in [0.5, 0.6) is 0 Å². The molecule has 1 aromatic carbocycles. The summed E-state index contributed by atoms with van der Waals surface area (Å²) in [7, 11) is 0. The lowest BCUT2D eigenvalue weighted by Gasteiger charge is -2.19. The van der Waals surface area contributed by atoms with Crippen LogP contribution in [0, 0.1) is 6.92 Å². The maximum Gasteiger partial charge on any atom is 0.243 e. The minimum atomic E-state index is -0.248. The number of rotatable bonds is 5. The van der Waals surface area contributed by atoms with E-state index in [1.54, 1.807) is 0 Å². The number of carbonyl (C=O) groups is 1. The van der Waals surface area contributed by atoms with E-state index >= 15 is 0 Å².